The number of ether oxygens (including phenoxy) is 1. The topological polar surface area (TPSA) is 105 Å². The van der Waals surface area contributed by atoms with Crippen LogP contribution in [-0.2, 0) is 4.74 Å². The predicted octanol–water partition coefficient (Wildman–Crippen LogP) is 0.891. The molecule has 0 radical (unpaired) electrons. The van der Waals surface area contributed by atoms with E-state index < -0.39 is 11.6 Å². The lowest BCUT2D eigenvalue weighted by molar-refractivity contribution is 0.0381. The van der Waals surface area contributed by atoms with Crippen LogP contribution >= 0.6 is 0 Å². The Kier molecular flexibility index (Phi) is 3.44. The molecule has 0 bridgehead atoms. The summed E-state index contributed by atoms with van der Waals surface area (Å²) in [4.78, 5) is 19.2. The molecule has 110 valence electrons. The summed E-state index contributed by atoms with van der Waals surface area (Å²) in [5, 5.41) is 23.0. The summed E-state index contributed by atoms with van der Waals surface area (Å²) in [6, 6.07) is 4.67. The molecule has 3 rings (SSSR count). The van der Waals surface area contributed by atoms with Gasteiger partial charge in [0.05, 0.1) is 17.7 Å². The number of carbonyl (C=O) groups is 1. The number of nitrogens with one attached hydrogen (secondary N) is 1. The molecule has 1 aliphatic rings. The Morgan fingerprint density at radius 3 is 3.00 bits per heavy atom. The molecule has 0 amide bonds. The molecule has 2 aromatic rings. The second-order valence-corrected chi connectivity index (χ2v) is 5.14. The van der Waals surface area contributed by atoms with Crippen molar-refractivity contribution >= 4 is 22.7 Å². The highest BCUT2D eigenvalue weighted by molar-refractivity contribution is 5.96. The lowest BCUT2D eigenvalue weighted by Gasteiger charge is -2.21. The van der Waals surface area contributed by atoms with Crippen LogP contribution < -0.4 is 5.32 Å². The van der Waals surface area contributed by atoms with E-state index in [4.69, 9.17) is 9.84 Å². The van der Waals surface area contributed by atoms with Crippen LogP contribution in [0.2, 0.25) is 0 Å². The number of aliphatic hydroxyl groups is 1. The second-order valence-electron chi connectivity index (χ2n) is 5.14. The molecular formula is C14H15N3O4. The summed E-state index contributed by atoms with van der Waals surface area (Å²) in [6.07, 6.45) is 1.94. The van der Waals surface area contributed by atoms with Crippen LogP contribution in [-0.4, -0.2) is 51.5 Å². The van der Waals surface area contributed by atoms with Gasteiger partial charge in [-0.15, -0.1) is 0 Å². The molecule has 1 saturated heterocycles. The van der Waals surface area contributed by atoms with Crippen LogP contribution in [0.15, 0.2) is 24.5 Å². The number of rotatable bonds is 4. The zero-order chi connectivity index (χ0) is 14.9. The van der Waals surface area contributed by atoms with Crippen molar-refractivity contribution in [3.8, 4) is 0 Å². The molecule has 1 aromatic carbocycles. The highest BCUT2D eigenvalue weighted by Crippen LogP contribution is 2.23. The number of carboxylic acid groups (broad SMARTS) is 1. The third kappa shape index (κ3) is 2.79. The molecule has 3 N–H and O–H groups in total. The van der Waals surface area contributed by atoms with Gasteiger partial charge in [0.25, 0.3) is 0 Å². The van der Waals surface area contributed by atoms with Crippen molar-refractivity contribution in [1.29, 1.82) is 0 Å². The molecule has 7 nitrogen and oxygen atoms in total. The fraction of sp³-hybridized carbons (Fsp3) is 0.357. The minimum Gasteiger partial charge on any atom is -0.478 e. The monoisotopic (exact) mass is 289 g/mol. The van der Waals surface area contributed by atoms with Crippen molar-refractivity contribution in [2.75, 3.05) is 25.1 Å². The van der Waals surface area contributed by atoms with Gasteiger partial charge in [0, 0.05) is 25.0 Å². The van der Waals surface area contributed by atoms with Gasteiger partial charge in [-0.1, -0.05) is 0 Å². The first-order valence-electron chi connectivity index (χ1n) is 6.59. The summed E-state index contributed by atoms with van der Waals surface area (Å²) >= 11 is 0. The van der Waals surface area contributed by atoms with Crippen LogP contribution in [0.25, 0.3) is 10.9 Å². The third-order valence-corrected chi connectivity index (χ3v) is 3.55. The largest absolute Gasteiger partial charge is 0.478 e. The molecule has 0 saturated carbocycles. The van der Waals surface area contributed by atoms with Crippen molar-refractivity contribution in [2.24, 2.45) is 0 Å². The smallest absolute Gasteiger partial charge is 0.335 e. The number of hydrogen-bond donors (Lipinski definition) is 3. The van der Waals surface area contributed by atoms with Gasteiger partial charge in [-0.2, -0.15) is 0 Å². The SMILES string of the molecule is O=C(O)c1ccc2c(NCC3(O)CCOC3)ncnc2c1. The molecule has 7 heteroatoms. The molecule has 1 aliphatic heterocycles. The van der Waals surface area contributed by atoms with E-state index in [-0.39, 0.29) is 5.56 Å². The van der Waals surface area contributed by atoms with E-state index in [2.05, 4.69) is 15.3 Å². The van der Waals surface area contributed by atoms with Crippen molar-refractivity contribution in [3.63, 3.8) is 0 Å². The van der Waals surface area contributed by atoms with Crippen molar-refractivity contribution in [3.05, 3.63) is 30.1 Å². The van der Waals surface area contributed by atoms with Gasteiger partial charge in [0.1, 0.15) is 17.7 Å². The van der Waals surface area contributed by atoms with E-state index in [9.17, 15) is 9.90 Å². The van der Waals surface area contributed by atoms with Gasteiger partial charge in [0.15, 0.2) is 0 Å². The number of carboxylic acids is 1. The highest BCUT2D eigenvalue weighted by atomic mass is 16.5. The molecule has 0 spiro atoms. The lowest BCUT2D eigenvalue weighted by Crippen LogP contribution is -2.37. The lowest BCUT2D eigenvalue weighted by atomic mass is 10.0. The molecule has 2 heterocycles. The minimum atomic E-state index is -0.998. The molecular weight excluding hydrogens is 274 g/mol. The van der Waals surface area contributed by atoms with Gasteiger partial charge in [-0.05, 0) is 18.2 Å². The zero-order valence-electron chi connectivity index (χ0n) is 11.2. The van der Waals surface area contributed by atoms with Crippen LogP contribution in [0, 0.1) is 0 Å². The fourth-order valence-electron chi connectivity index (χ4n) is 2.32. The average Bonchev–Trinajstić information content (AvgIpc) is 2.91. The molecule has 21 heavy (non-hydrogen) atoms. The van der Waals surface area contributed by atoms with Crippen LogP contribution in [0.3, 0.4) is 0 Å². The maximum atomic E-state index is 11.0. The molecule has 1 aromatic heterocycles. The van der Waals surface area contributed by atoms with Crippen LogP contribution in [0.5, 0.6) is 0 Å². The number of benzene rings is 1. The first-order valence-corrected chi connectivity index (χ1v) is 6.59. The Balaban J connectivity index is 1.86. The average molecular weight is 289 g/mol. The first kappa shape index (κ1) is 13.7. The third-order valence-electron chi connectivity index (χ3n) is 3.55. The molecule has 0 aliphatic carbocycles. The van der Waals surface area contributed by atoms with E-state index in [0.717, 1.165) is 0 Å². The molecule has 1 atom stereocenters. The van der Waals surface area contributed by atoms with Crippen molar-refractivity contribution < 1.29 is 19.7 Å². The van der Waals surface area contributed by atoms with E-state index in [1.807, 2.05) is 0 Å². The summed E-state index contributed by atoms with van der Waals surface area (Å²) < 4.78 is 5.19. The Bertz CT molecular complexity index is 683. The maximum Gasteiger partial charge on any atom is 0.335 e. The maximum absolute atomic E-state index is 11.0. The van der Waals surface area contributed by atoms with Gasteiger partial charge in [-0.25, -0.2) is 14.8 Å². The summed E-state index contributed by atoms with van der Waals surface area (Å²) in [7, 11) is 0. The number of anilines is 1. The number of hydrogen-bond acceptors (Lipinski definition) is 6. The summed E-state index contributed by atoms with van der Waals surface area (Å²) in [5.74, 6) is -0.431. The van der Waals surface area contributed by atoms with Gasteiger partial charge in [0.2, 0.25) is 0 Å². The Morgan fingerprint density at radius 2 is 2.29 bits per heavy atom. The molecule has 1 fully saturated rings. The Morgan fingerprint density at radius 1 is 1.43 bits per heavy atom. The van der Waals surface area contributed by atoms with E-state index in [1.54, 1.807) is 6.07 Å². The number of fused-ring (bicyclic) bond motifs is 1. The van der Waals surface area contributed by atoms with E-state index >= 15 is 0 Å². The summed E-state index contributed by atoms with van der Waals surface area (Å²) in [6.45, 7) is 1.16. The van der Waals surface area contributed by atoms with Crippen LogP contribution in [0.1, 0.15) is 16.8 Å². The van der Waals surface area contributed by atoms with E-state index in [1.165, 1.54) is 18.5 Å². The Labute approximate surface area is 120 Å². The quantitative estimate of drug-likeness (QED) is 0.767. The standard InChI is InChI=1S/C14H15N3O4/c18-13(19)9-1-2-10-11(5-9)16-8-17-12(10)15-6-14(20)3-4-21-7-14/h1-2,5,8,20H,3-4,6-7H2,(H,18,19)(H,15,16,17). The molecule has 1 unspecified atom stereocenters. The number of aromatic nitrogens is 2. The van der Waals surface area contributed by atoms with Crippen LogP contribution in [0.4, 0.5) is 5.82 Å². The fourth-order valence-corrected chi connectivity index (χ4v) is 2.32. The van der Waals surface area contributed by atoms with Crippen molar-refractivity contribution in [1.82, 2.24) is 9.97 Å². The normalized spacial score (nSPS) is 21.6. The first-order chi connectivity index (χ1) is 10.1. The Hall–Kier alpha value is -2.25. The minimum absolute atomic E-state index is 0.176. The van der Waals surface area contributed by atoms with Gasteiger partial charge in [-0.3, -0.25) is 0 Å². The van der Waals surface area contributed by atoms with E-state index in [0.29, 0.717) is 42.9 Å². The second kappa shape index (κ2) is 5.27. The van der Waals surface area contributed by atoms with Gasteiger partial charge < -0.3 is 20.3 Å². The number of aromatic carboxylic acids is 1. The predicted molar refractivity (Wildman–Crippen MR) is 75.4 cm³/mol. The van der Waals surface area contributed by atoms with Gasteiger partial charge >= 0.3 is 5.97 Å². The highest BCUT2D eigenvalue weighted by Gasteiger charge is 2.32. The summed E-state index contributed by atoms with van der Waals surface area (Å²) in [5.41, 5.74) is -0.171. The van der Waals surface area contributed by atoms with Crippen molar-refractivity contribution in [2.45, 2.75) is 12.0 Å². The zero-order valence-corrected chi connectivity index (χ0v) is 11.2. The number of nitrogens with zero attached hydrogens (tertiary/aromatic N) is 2.